The van der Waals surface area contributed by atoms with E-state index >= 15 is 0 Å². The summed E-state index contributed by atoms with van der Waals surface area (Å²) < 4.78 is 1.19. The molecule has 7 heteroatoms. The van der Waals surface area contributed by atoms with Crippen LogP contribution >= 0.6 is 0 Å². The van der Waals surface area contributed by atoms with Crippen molar-refractivity contribution in [2.45, 2.75) is 20.3 Å². The minimum Gasteiger partial charge on any atom is -0.326 e. The SMILES string of the molecule is CCc1ccc(NC(C)=O)cc1NC(=O)c1c(-c2ccccc2)c(-c2ccccc2)nn(C)c1=O. The van der Waals surface area contributed by atoms with E-state index in [1.54, 1.807) is 12.1 Å². The number of rotatable bonds is 6. The lowest BCUT2D eigenvalue weighted by Crippen LogP contribution is -2.31. The monoisotopic (exact) mass is 466 g/mol. The summed E-state index contributed by atoms with van der Waals surface area (Å²) in [5.41, 5.74) is 3.96. The maximum Gasteiger partial charge on any atom is 0.280 e. The number of anilines is 2. The third-order valence-corrected chi connectivity index (χ3v) is 5.64. The molecule has 0 aliphatic rings. The number of hydrogen-bond acceptors (Lipinski definition) is 4. The van der Waals surface area contributed by atoms with Crippen molar-refractivity contribution in [1.29, 1.82) is 0 Å². The van der Waals surface area contributed by atoms with Crippen molar-refractivity contribution in [1.82, 2.24) is 9.78 Å². The molecule has 0 aliphatic heterocycles. The van der Waals surface area contributed by atoms with Gasteiger partial charge in [0.05, 0.1) is 5.69 Å². The highest BCUT2D eigenvalue weighted by Gasteiger charge is 2.25. The molecule has 3 aromatic carbocycles. The first-order valence-electron chi connectivity index (χ1n) is 11.3. The molecule has 0 spiro atoms. The van der Waals surface area contributed by atoms with Crippen LogP contribution in [0.2, 0.25) is 0 Å². The Hall–Kier alpha value is -4.52. The molecule has 4 aromatic rings. The van der Waals surface area contributed by atoms with Gasteiger partial charge in [-0.3, -0.25) is 14.4 Å². The van der Waals surface area contributed by atoms with Gasteiger partial charge in [-0.05, 0) is 29.7 Å². The number of aryl methyl sites for hydroxylation is 2. The number of amides is 2. The summed E-state index contributed by atoms with van der Waals surface area (Å²) in [5.74, 6) is -0.757. The van der Waals surface area contributed by atoms with Crippen LogP contribution in [0.25, 0.3) is 22.4 Å². The second kappa shape index (κ2) is 10.2. The van der Waals surface area contributed by atoms with Gasteiger partial charge in [0, 0.05) is 36.5 Å². The number of carbonyl (C=O) groups excluding carboxylic acids is 2. The Balaban J connectivity index is 1.90. The normalized spacial score (nSPS) is 10.6. The minimum absolute atomic E-state index is 0.000429. The van der Waals surface area contributed by atoms with Crippen LogP contribution in [0.3, 0.4) is 0 Å². The van der Waals surface area contributed by atoms with E-state index in [-0.39, 0.29) is 11.5 Å². The molecular formula is C28H26N4O3. The first kappa shape index (κ1) is 23.6. The maximum absolute atomic E-state index is 13.7. The van der Waals surface area contributed by atoms with E-state index in [1.807, 2.05) is 73.7 Å². The fraction of sp³-hybridized carbons (Fsp3) is 0.143. The van der Waals surface area contributed by atoms with Crippen LogP contribution in [0.5, 0.6) is 0 Å². The van der Waals surface area contributed by atoms with Gasteiger partial charge in [-0.15, -0.1) is 0 Å². The van der Waals surface area contributed by atoms with E-state index in [2.05, 4.69) is 15.7 Å². The molecule has 1 heterocycles. The van der Waals surface area contributed by atoms with Gasteiger partial charge in [0.25, 0.3) is 11.5 Å². The molecule has 0 saturated carbocycles. The van der Waals surface area contributed by atoms with Crippen LogP contribution < -0.4 is 16.2 Å². The van der Waals surface area contributed by atoms with Crippen LogP contribution in [-0.4, -0.2) is 21.6 Å². The Morgan fingerprint density at radius 1 is 0.886 bits per heavy atom. The van der Waals surface area contributed by atoms with Gasteiger partial charge >= 0.3 is 0 Å². The largest absolute Gasteiger partial charge is 0.326 e. The van der Waals surface area contributed by atoms with E-state index in [1.165, 1.54) is 18.7 Å². The summed E-state index contributed by atoms with van der Waals surface area (Å²) in [6, 6.07) is 24.1. The lowest BCUT2D eigenvalue weighted by atomic mass is 9.95. The van der Waals surface area contributed by atoms with Crippen LogP contribution in [0.15, 0.2) is 83.7 Å². The molecule has 0 aliphatic carbocycles. The van der Waals surface area contributed by atoms with Crippen molar-refractivity contribution in [3.63, 3.8) is 0 Å². The van der Waals surface area contributed by atoms with Crippen molar-refractivity contribution < 1.29 is 9.59 Å². The quantitative estimate of drug-likeness (QED) is 0.423. The summed E-state index contributed by atoms with van der Waals surface area (Å²) in [5, 5.41) is 10.2. The molecule has 4 rings (SSSR count). The molecule has 2 amide bonds. The number of carbonyl (C=O) groups is 2. The Kier molecular flexibility index (Phi) is 6.87. The highest BCUT2D eigenvalue weighted by atomic mass is 16.2. The average Bonchev–Trinajstić information content (AvgIpc) is 2.86. The van der Waals surface area contributed by atoms with Gasteiger partial charge in [0.1, 0.15) is 5.56 Å². The van der Waals surface area contributed by atoms with Crippen LogP contribution in [0.1, 0.15) is 29.8 Å². The summed E-state index contributed by atoms with van der Waals surface area (Å²) in [4.78, 5) is 38.6. The fourth-order valence-electron chi connectivity index (χ4n) is 3.99. The summed E-state index contributed by atoms with van der Waals surface area (Å²) >= 11 is 0. The van der Waals surface area contributed by atoms with E-state index in [4.69, 9.17) is 0 Å². The van der Waals surface area contributed by atoms with E-state index in [9.17, 15) is 14.4 Å². The van der Waals surface area contributed by atoms with Gasteiger partial charge in [-0.2, -0.15) is 5.10 Å². The molecule has 2 N–H and O–H groups in total. The molecule has 0 fully saturated rings. The summed E-state index contributed by atoms with van der Waals surface area (Å²) in [7, 11) is 1.54. The number of nitrogens with one attached hydrogen (secondary N) is 2. The zero-order valence-corrected chi connectivity index (χ0v) is 19.8. The summed E-state index contributed by atoms with van der Waals surface area (Å²) in [6.45, 7) is 3.39. The van der Waals surface area contributed by atoms with Gasteiger partial charge in [-0.25, -0.2) is 4.68 Å². The first-order chi connectivity index (χ1) is 16.9. The van der Waals surface area contributed by atoms with Gasteiger partial charge in [0.15, 0.2) is 0 Å². The smallest absolute Gasteiger partial charge is 0.280 e. The minimum atomic E-state index is -0.543. The Bertz CT molecular complexity index is 1440. The van der Waals surface area contributed by atoms with E-state index < -0.39 is 11.5 Å². The van der Waals surface area contributed by atoms with Crippen molar-refractivity contribution in [3.05, 3.63) is 100 Å². The Labute approximate surface area is 203 Å². The predicted molar refractivity (Wildman–Crippen MR) is 138 cm³/mol. The summed E-state index contributed by atoms with van der Waals surface area (Å²) in [6.07, 6.45) is 0.658. The van der Waals surface area contributed by atoms with Crippen LogP contribution in [0.4, 0.5) is 11.4 Å². The van der Waals surface area contributed by atoms with Gasteiger partial charge in [-0.1, -0.05) is 73.7 Å². The van der Waals surface area contributed by atoms with Crippen LogP contribution in [-0.2, 0) is 18.3 Å². The number of aromatic nitrogens is 2. The molecule has 0 unspecified atom stereocenters. The number of nitrogens with zero attached hydrogens (tertiary/aromatic N) is 2. The number of benzene rings is 3. The van der Waals surface area contributed by atoms with Crippen molar-refractivity contribution in [2.24, 2.45) is 7.05 Å². The molecule has 0 saturated heterocycles. The molecule has 7 nitrogen and oxygen atoms in total. The Morgan fingerprint density at radius 3 is 2.11 bits per heavy atom. The van der Waals surface area contributed by atoms with E-state index in [0.29, 0.717) is 34.6 Å². The highest BCUT2D eigenvalue weighted by Crippen LogP contribution is 2.32. The Morgan fingerprint density at radius 2 is 1.51 bits per heavy atom. The second-order valence-corrected chi connectivity index (χ2v) is 8.12. The lowest BCUT2D eigenvalue weighted by Gasteiger charge is -2.17. The zero-order chi connectivity index (χ0) is 24.9. The fourth-order valence-corrected chi connectivity index (χ4v) is 3.99. The molecular weight excluding hydrogens is 440 g/mol. The molecule has 1 aromatic heterocycles. The van der Waals surface area contributed by atoms with Gasteiger partial charge in [0.2, 0.25) is 5.91 Å². The molecule has 0 bridgehead atoms. The average molecular weight is 467 g/mol. The number of hydrogen-bond donors (Lipinski definition) is 2. The third-order valence-electron chi connectivity index (χ3n) is 5.64. The van der Waals surface area contributed by atoms with Crippen molar-refractivity contribution in [2.75, 3.05) is 10.6 Å². The van der Waals surface area contributed by atoms with Crippen molar-refractivity contribution in [3.8, 4) is 22.4 Å². The third kappa shape index (κ3) is 5.04. The highest BCUT2D eigenvalue weighted by molar-refractivity contribution is 6.11. The first-order valence-corrected chi connectivity index (χ1v) is 11.3. The zero-order valence-electron chi connectivity index (χ0n) is 19.8. The molecule has 0 atom stereocenters. The lowest BCUT2D eigenvalue weighted by molar-refractivity contribution is -0.114. The molecule has 176 valence electrons. The van der Waals surface area contributed by atoms with E-state index in [0.717, 1.165) is 11.1 Å². The van der Waals surface area contributed by atoms with Gasteiger partial charge < -0.3 is 10.6 Å². The molecule has 35 heavy (non-hydrogen) atoms. The predicted octanol–water partition coefficient (Wildman–Crippen LogP) is 4.89. The maximum atomic E-state index is 13.7. The standard InChI is InChI=1S/C28H26N4O3/c1-4-19-15-16-22(29-18(2)33)17-23(19)30-27(34)25-24(20-11-7-5-8-12-20)26(31-32(3)28(25)35)21-13-9-6-10-14-21/h5-17H,4H2,1-3H3,(H,29,33)(H,30,34). The second-order valence-electron chi connectivity index (χ2n) is 8.12. The van der Waals surface area contributed by atoms with Crippen LogP contribution in [0, 0.1) is 0 Å². The van der Waals surface area contributed by atoms with Crippen molar-refractivity contribution >= 4 is 23.2 Å². The molecule has 0 radical (unpaired) electrons. The topological polar surface area (TPSA) is 93.1 Å².